The molecule has 0 saturated carbocycles. The molecule has 0 aliphatic carbocycles. The molecule has 2 aromatic heterocycles. The molecule has 0 atom stereocenters. The van der Waals surface area contributed by atoms with Crippen molar-refractivity contribution in [3.05, 3.63) is 41.2 Å². The molecule has 0 aliphatic rings. The number of rotatable bonds is 4. The zero-order valence-corrected chi connectivity index (χ0v) is 10.4. The summed E-state index contributed by atoms with van der Waals surface area (Å²) in [4.78, 5) is 24.0. The van der Waals surface area contributed by atoms with Crippen LogP contribution in [0.2, 0.25) is 0 Å². The number of aryl methyl sites for hydroxylation is 1. The van der Waals surface area contributed by atoms with Crippen molar-refractivity contribution in [1.29, 1.82) is 0 Å². The number of furan rings is 1. The second-order valence-corrected chi connectivity index (χ2v) is 4.06. The topological polar surface area (TPSA) is 96.8 Å². The van der Waals surface area contributed by atoms with Crippen LogP contribution in [0.4, 0.5) is 0 Å². The highest BCUT2D eigenvalue weighted by Gasteiger charge is 2.20. The molecule has 2 aromatic rings. The Morgan fingerprint density at radius 2 is 2.16 bits per heavy atom. The third-order valence-corrected chi connectivity index (χ3v) is 2.48. The third-order valence-electron chi connectivity index (χ3n) is 2.48. The number of carboxylic acid groups (broad SMARTS) is 1. The summed E-state index contributed by atoms with van der Waals surface area (Å²) in [5.41, 5.74) is -0.0526. The van der Waals surface area contributed by atoms with Crippen molar-refractivity contribution in [2.24, 2.45) is 0 Å². The zero-order chi connectivity index (χ0) is 14.0. The summed E-state index contributed by atoms with van der Waals surface area (Å²) in [7, 11) is 1.56. The lowest BCUT2D eigenvalue weighted by Crippen LogP contribution is -2.26. The van der Waals surface area contributed by atoms with Crippen LogP contribution in [0.15, 0.2) is 27.1 Å². The van der Waals surface area contributed by atoms with Gasteiger partial charge in [-0.3, -0.25) is 4.79 Å². The Morgan fingerprint density at radius 3 is 2.68 bits per heavy atom. The Morgan fingerprint density at radius 1 is 1.42 bits per heavy atom. The highest BCUT2D eigenvalue weighted by Crippen LogP contribution is 2.11. The van der Waals surface area contributed by atoms with Crippen LogP contribution in [0.3, 0.4) is 0 Å². The van der Waals surface area contributed by atoms with E-state index < -0.39 is 11.9 Å². The molecule has 0 aromatic carbocycles. The fourth-order valence-corrected chi connectivity index (χ4v) is 1.55. The molecule has 0 fully saturated rings. The molecule has 7 heteroatoms. The van der Waals surface area contributed by atoms with E-state index in [0.29, 0.717) is 5.76 Å². The smallest absolute Gasteiger partial charge is 0.374 e. The quantitative estimate of drug-likeness (QED) is 0.899. The van der Waals surface area contributed by atoms with Crippen LogP contribution in [-0.4, -0.2) is 34.1 Å². The van der Waals surface area contributed by atoms with Gasteiger partial charge in [-0.1, -0.05) is 5.16 Å². The van der Waals surface area contributed by atoms with E-state index in [9.17, 15) is 9.59 Å². The predicted octanol–water partition coefficient (Wildman–Crippen LogP) is 1.55. The van der Waals surface area contributed by atoms with Crippen LogP contribution in [-0.2, 0) is 6.54 Å². The van der Waals surface area contributed by atoms with Gasteiger partial charge in [-0.2, -0.15) is 0 Å². The van der Waals surface area contributed by atoms with Crippen molar-refractivity contribution < 1.29 is 23.6 Å². The summed E-state index contributed by atoms with van der Waals surface area (Å²) in [5, 5.41) is 12.1. The van der Waals surface area contributed by atoms with Gasteiger partial charge in [0.15, 0.2) is 5.69 Å². The van der Waals surface area contributed by atoms with Gasteiger partial charge in [0.2, 0.25) is 5.76 Å². The minimum absolute atomic E-state index is 0.0526. The van der Waals surface area contributed by atoms with Gasteiger partial charge in [0.25, 0.3) is 5.91 Å². The van der Waals surface area contributed by atoms with Crippen molar-refractivity contribution in [3.63, 3.8) is 0 Å². The van der Waals surface area contributed by atoms with E-state index in [1.165, 1.54) is 4.90 Å². The SMILES string of the molecule is Cc1ccc(CN(C)C(=O)c2cc(C(=O)O)on2)o1. The van der Waals surface area contributed by atoms with Crippen LogP contribution in [0.5, 0.6) is 0 Å². The number of hydrogen-bond acceptors (Lipinski definition) is 5. The van der Waals surface area contributed by atoms with Crippen molar-refractivity contribution in [3.8, 4) is 0 Å². The van der Waals surface area contributed by atoms with E-state index in [-0.39, 0.29) is 18.0 Å². The number of hydrogen-bond donors (Lipinski definition) is 1. The predicted molar refractivity (Wildman–Crippen MR) is 62.7 cm³/mol. The van der Waals surface area contributed by atoms with E-state index in [2.05, 4.69) is 9.68 Å². The lowest BCUT2D eigenvalue weighted by atomic mass is 10.3. The highest BCUT2D eigenvalue weighted by atomic mass is 16.5. The molecule has 1 amide bonds. The molecular formula is C12H12N2O5. The number of carbonyl (C=O) groups excluding carboxylic acids is 1. The first-order valence-electron chi connectivity index (χ1n) is 5.48. The second-order valence-electron chi connectivity index (χ2n) is 4.06. The van der Waals surface area contributed by atoms with Crippen LogP contribution < -0.4 is 0 Å². The van der Waals surface area contributed by atoms with E-state index >= 15 is 0 Å². The van der Waals surface area contributed by atoms with Crippen LogP contribution >= 0.6 is 0 Å². The van der Waals surface area contributed by atoms with Gasteiger partial charge < -0.3 is 18.9 Å². The summed E-state index contributed by atoms with van der Waals surface area (Å²) in [6.07, 6.45) is 0. The minimum atomic E-state index is -1.27. The zero-order valence-electron chi connectivity index (χ0n) is 10.4. The number of carbonyl (C=O) groups is 2. The maximum atomic E-state index is 12.0. The molecule has 2 rings (SSSR count). The van der Waals surface area contributed by atoms with Gasteiger partial charge in [0, 0.05) is 13.1 Å². The van der Waals surface area contributed by atoms with E-state index in [0.717, 1.165) is 11.8 Å². The monoisotopic (exact) mass is 264 g/mol. The summed E-state index contributed by atoms with van der Waals surface area (Å²) < 4.78 is 9.88. The Balaban J connectivity index is 2.07. The van der Waals surface area contributed by atoms with E-state index in [4.69, 9.17) is 9.52 Å². The number of carboxylic acids is 1. The Hall–Kier alpha value is -2.57. The number of nitrogens with zero attached hydrogens (tertiary/aromatic N) is 2. The molecule has 7 nitrogen and oxygen atoms in total. The average molecular weight is 264 g/mol. The first kappa shape index (κ1) is 12.9. The van der Waals surface area contributed by atoms with Gasteiger partial charge in [0.1, 0.15) is 11.5 Å². The molecule has 19 heavy (non-hydrogen) atoms. The largest absolute Gasteiger partial charge is 0.475 e. The maximum absolute atomic E-state index is 12.0. The molecule has 100 valence electrons. The molecular weight excluding hydrogens is 252 g/mol. The fourth-order valence-electron chi connectivity index (χ4n) is 1.55. The molecule has 2 heterocycles. The second kappa shape index (κ2) is 4.97. The lowest BCUT2D eigenvalue weighted by Gasteiger charge is -2.13. The molecule has 1 N–H and O–H groups in total. The van der Waals surface area contributed by atoms with Crippen molar-refractivity contribution in [2.45, 2.75) is 13.5 Å². The number of aromatic carboxylic acids is 1. The Bertz CT molecular complexity index is 613. The van der Waals surface area contributed by atoms with Crippen LogP contribution in [0.1, 0.15) is 32.6 Å². The summed E-state index contributed by atoms with van der Waals surface area (Å²) in [5.74, 6) is -0.687. The third kappa shape index (κ3) is 2.82. The van der Waals surface area contributed by atoms with Crippen LogP contribution in [0.25, 0.3) is 0 Å². The minimum Gasteiger partial charge on any atom is -0.475 e. The van der Waals surface area contributed by atoms with Gasteiger partial charge in [-0.15, -0.1) is 0 Å². The summed E-state index contributed by atoms with van der Waals surface area (Å²) in [6.45, 7) is 2.07. The summed E-state index contributed by atoms with van der Waals surface area (Å²) in [6, 6.07) is 4.66. The van der Waals surface area contributed by atoms with Crippen molar-refractivity contribution in [2.75, 3.05) is 7.05 Å². The summed E-state index contributed by atoms with van der Waals surface area (Å²) >= 11 is 0. The van der Waals surface area contributed by atoms with Gasteiger partial charge >= 0.3 is 5.97 Å². The Kier molecular flexibility index (Phi) is 3.37. The van der Waals surface area contributed by atoms with Gasteiger partial charge in [-0.05, 0) is 19.1 Å². The van der Waals surface area contributed by atoms with Gasteiger partial charge in [0.05, 0.1) is 6.54 Å². The maximum Gasteiger partial charge on any atom is 0.374 e. The Labute approximate surface area is 108 Å². The molecule has 0 bridgehead atoms. The molecule has 0 saturated heterocycles. The standard InChI is InChI=1S/C12H12N2O5/c1-7-3-4-8(18-7)6-14(2)11(15)9-5-10(12(16)17)19-13-9/h3-5H,6H2,1-2H3,(H,16,17). The van der Waals surface area contributed by atoms with E-state index in [1.54, 1.807) is 19.2 Å². The van der Waals surface area contributed by atoms with Crippen molar-refractivity contribution >= 4 is 11.9 Å². The van der Waals surface area contributed by atoms with Crippen LogP contribution in [0, 0.1) is 6.92 Å². The molecule has 0 radical (unpaired) electrons. The van der Waals surface area contributed by atoms with Gasteiger partial charge in [-0.25, -0.2) is 4.79 Å². The normalized spacial score (nSPS) is 10.4. The highest BCUT2D eigenvalue weighted by molar-refractivity contribution is 5.94. The number of aromatic nitrogens is 1. The molecule has 0 spiro atoms. The molecule has 0 aliphatic heterocycles. The van der Waals surface area contributed by atoms with Crippen molar-refractivity contribution in [1.82, 2.24) is 10.1 Å². The van der Waals surface area contributed by atoms with E-state index in [1.807, 2.05) is 6.92 Å². The fraction of sp³-hybridized carbons (Fsp3) is 0.250. The first-order valence-corrected chi connectivity index (χ1v) is 5.48. The molecule has 0 unspecified atom stereocenters. The number of amides is 1. The lowest BCUT2D eigenvalue weighted by molar-refractivity contribution is 0.0649. The first-order chi connectivity index (χ1) is 8.97. The average Bonchev–Trinajstić information content (AvgIpc) is 2.97.